The number of nitrogens with two attached hydrogens (primary N) is 1. The normalized spacial score (nSPS) is 18.7. The van der Waals surface area contributed by atoms with E-state index < -0.39 is 11.9 Å². The number of aliphatic hydroxyl groups is 1. The van der Waals surface area contributed by atoms with Crippen LogP contribution in [0.25, 0.3) is 11.1 Å². The molecule has 3 aromatic rings. The number of hydrogen-bond donors (Lipinski definition) is 5. The number of aromatic nitrogens is 1. The summed E-state index contributed by atoms with van der Waals surface area (Å²) in [5.41, 5.74) is 10.3. The lowest BCUT2D eigenvalue weighted by atomic mass is 9.89. The van der Waals surface area contributed by atoms with Crippen molar-refractivity contribution >= 4 is 52.3 Å². The third-order valence-corrected chi connectivity index (χ3v) is 9.45. The van der Waals surface area contributed by atoms with E-state index in [1.54, 1.807) is 55.1 Å². The molecular formula is C34H40ClFN8O2. The molecule has 2 aromatic carbocycles. The van der Waals surface area contributed by atoms with Crippen molar-refractivity contribution in [1.82, 2.24) is 14.8 Å². The maximum atomic E-state index is 17.3. The zero-order valence-electron chi connectivity index (χ0n) is 26.7. The number of carbonyl (C=O) groups excluding carboxylic acids is 1. The molecule has 1 aromatic heterocycles. The number of aliphatic hydroxyl groups excluding tert-OH is 1. The van der Waals surface area contributed by atoms with Crippen molar-refractivity contribution in [3.05, 3.63) is 75.8 Å². The number of amidine groups is 1. The zero-order chi connectivity index (χ0) is 33.6. The molecule has 0 spiro atoms. The van der Waals surface area contributed by atoms with E-state index >= 15 is 4.39 Å². The number of hydrogen-bond acceptors (Lipinski definition) is 8. The number of nitrogens with zero attached hydrogens (tertiary/aromatic N) is 4. The molecule has 3 heterocycles. The second kappa shape index (κ2) is 12.7. The highest BCUT2D eigenvalue weighted by molar-refractivity contribution is 6.38. The monoisotopic (exact) mass is 646 g/mol. The van der Waals surface area contributed by atoms with E-state index in [0.29, 0.717) is 59.8 Å². The standard InChI is InChI=1S/C34H40ClFN8O2/c1-7-24(46)43-16-21-11-13-42(6)33-27(34(39)44(21)15-19(43)4)32(41-30-18(3)10-12-40-31(30)20(5)45)28(35)26(29(33)36)25-17(2)8-9-23(38)22(25)14-37/h7-10,12,14,19-21,37,39,41,45H,1,11,13,15-16,38H2,2-6H3. The van der Waals surface area contributed by atoms with Crippen molar-refractivity contribution < 1.29 is 14.3 Å². The molecule has 0 saturated carbocycles. The molecule has 10 nitrogen and oxygen atoms in total. The Morgan fingerprint density at radius 1 is 1.22 bits per heavy atom. The van der Waals surface area contributed by atoms with E-state index in [1.165, 1.54) is 6.08 Å². The van der Waals surface area contributed by atoms with Gasteiger partial charge >= 0.3 is 0 Å². The maximum Gasteiger partial charge on any atom is 0.246 e. The zero-order valence-corrected chi connectivity index (χ0v) is 27.5. The largest absolute Gasteiger partial charge is 0.398 e. The van der Waals surface area contributed by atoms with E-state index in [-0.39, 0.29) is 51.4 Å². The van der Waals surface area contributed by atoms with Gasteiger partial charge in [-0.25, -0.2) is 4.39 Å². The molecule has 5 rings (SSSR count). The molecule has 0 aliphatic carbocycles. The summed E-state index contributed by atoms with van der Waals surface area (Å²) in [7, 11) is 1.77. The molecule has 2 aliphatic heterocycles. The summed E-state index contributed by atoms with van der Waals surface area (Å²) in [4.78, 5) is 22.6. The number of aryl methyl sites for hydroxylation is 2. The molecule has 3 unspecified atom stereocenters. The van der Waals surface area contributed by atoms with E-state index in [2.05, 4.69) is 16.9 Å². The molecule has 1 fully saturated rings. The Bertz CT molecular complexity index is 1760. The molecule has 46 heavy (non-hydrogen) atoms. The average molecular weight is 647 g/mol. The van der Waals surface area contributed by atoms with Gasteiger partial charge in [0, 0.05) is 68.0 Å². The van der Waals surface area contributed by atoms with Crippen molar-refractivity contribution in [3.8, 4) is 11.1 Å². The van der Waals surface area contributed by atoms with E-state index in [4.69, 9.17) is 22.7 Å². The van der Waals surface area contributed by atoms with Crippen LogP contribution in [0.4, 0.5) is 27.1 Å². The van der Waals surface area contributed by atoms with Gasteiger partial charge in [0.05, 0.1) is 39.4 Å². The fourth-order valence-electron chi connectivity index (χ4n) is 6.60. The highest BCUT2D eigenvalue weighted by Crippen LogP contribution is 2.49. The van der Waals surface area contributed by atoms with Crippen LogP contribution < -0.4 is 16.0 Å². The number of halogens is 2. The first-order chi connectivity index (χ1) is 21.8. The first kappa shape index (κ1) is 32.9. The van der Waals surface area contributed by atoms with Crippen LogP contribution in [0.2, 0.25) is 5.02 Å². The molecule has 2 aliphatic rings. The molecule has 242 valence electrons. The minimum Gasteiger partial charge on any atom is -0.398 e. The predicted octanol–water partition coefficient (Wildman–Crippen LogP) is 5.79. The number of nitrogen functional groups attached to an aromatic ring is 1. The Kier molecular flexibility index (Phi) is 9.10. The lowest BCUT2D eigenvalue weighted by Gasteiger charge is -2.48. The van der Waals surface area contributed by atoms with Crippen LogP contribution in [0.15, 0.2) is 37.1 Å². The lowest BCUT2D eigenvalue weighted by molar-refractivity contribution is -0.131. The van der Waals surface area contributed by atoms with Crippen LogP contribution in [-0.2, 0) is 4.79 Å². The van der Waals surface area contributed by atoms with Gasteiger partial charge in [0.15, 0.2) is 5.82 Å². The van der Waals surface area contributed by atoms with Crippen LogP contribution in [0.3, 0.4) is 0 Å². The van der Waals surface area contributed by atoms with Crippen LogP contribution >= 0.6 is 11.6 Å². The smallest absolute Gasteiger partial charge is 0.246 e. The van der Waals surface area contributed by atoms with Gasteiger partial charge in [-0.2, -0.15) is 0 Å². The van der Waals surface area contributed by atoms with Crippen molar-refractivity contribution in [1.29, 1.82) is 10.8 Å². The van der Waals surface area contributed by atoms with Gasteiger partial charge in [0.2, 0.25) is 5.91 Å². The summed E-state index contributed by atoms with van der Waals surface area (Å²) in [6.45, 7) is 12.0. The molecule has 6 N–H and O–H groups in total. The van der Waals surface area contributed by atoms with Crippen molar-refractivity contribution in [2.24, 2.45) is 0 Å². The van der Waals surface area contributed by atoms with E-state index in [1.807, 2.05) is 18.7 Å². The fraction of sp³-hybridized carbons (Fsp3) is 0.353. The Balaban J connectivity index is 1.84. The van der Waals surface area contributed by atoms with Crippen LogP contribution in [0.1, 0.15) is 54.3 Å². The predicted molar refractivity (Wildman–Crippen MR) is 183 cm³/mol. The topological polar surface area (TPSA) is 146 Å². The van der Waals surface area contributed by atoms with Gasteiger partial charge in [0.25, 0.3) is 0 Å². The van der Waals surface area contributed by atoms with Crippen LogP contribution in [0, 0.1) is 30.5 Å². The molecule has 1 saturated heterocycles. The maximum absolute atomic E-state index is 17.3. The number of benzene rings is 2. The molecule has 12 heteroatoms. The third kappa shape index (κ3) is 5.47. The third-order valence-electron chi connectivity index (χ3n) is 9.07. The number of rotatable bonds is 6. The van der Waals surface area contributed by atoms with Gasteiger partial charge in [-0.1, -0.05) is 24.2 Å². The van der Waals surface area contributed by atoms with Gasteiger partial charge in [-0.15, -0.1) is 0 Å². The number of fused-ring (bicyclic) bond motifs is 2. The average Bonchev–Trinajstić information content (AvgIpc) is 3.02. The van der Waals surface area contributed by atoms with Gasteiger partial charge < -0.3 is 36.3 Å². The SMILES string of the molecule is C=CC(=O)N1CC2CCN(C)c3c(F)c(-c4c(C)ccc(N)c4C=N)c(Cl)c(Nc4c(C)ccnc4C(C)O)c3C(=N)N2CC1C. The Hall–Kier alpha value is -4.48. The summed E-state index contributed by atoms with van der Waals surface area (Å²) in [6, 6.07) is 4.77. The quantitative estimate of drug-likeness (QED) is 0.130. The fourth-order valence-corrected chi connectivity index (χ4v) is 6.92. The Morgan fingerprint density at radius 2 is 1.93 bits per heavy atom. The minimum atomic E-state index is -0.939. The van der Waals surface area contributed by atoms with Crippen LogP contribution in [-0.4, -0.2) is 76.6 Å². The summed E-state index contributed by atoms with van der Waals surface area (Å²) >= 11 is 7.27. The summed E-state index contributed by atoms with van der Waals surface area (Å²) < 4.78 is 17.3. The van der Waals surface area contributed by atoms with Crippen molar-refractivity contribution in [2.45, 2.75) is 52.3 Å². The molecular weight excluding hydrogens is 607 g/mol. The highest BCUT2D eigenvalue weighted by atomic mass is 35.5. The summed E-state index contributed by atoms with van der Waals surface area (Å²) in [5.74, 6) is -0.760. The summed E-state index contributed by atoms with van der Waals surface area (Å²) in [5, 5.41) is 31.8. The number of carbonyl (C=O) groups is 1. The molecule has 3 atom stereocenters. The van der Waals surface area contributed by atoms with E-state index in [9.17, 15) is 15.3 Å². The van der Waals surface area contributed by atoms with Crippen LogP contribution in [0.5, 0.6) is 0 Å². The van der Waals surface area contributed by atoms with Gasteiger partial charge in [0.1, 0.15) is 5.84 Å². The first-order valence-corrected chi connectivity index (χ1v) is 15.5. The highest BCUT2D eigenvalue weighted by Gasteiger charge is 2.40. The van der Waals surface area contributed by atoms with Gasteiger partial charge in [-0.05, 0) is 69.0 Å². The second-order valence-corrected chi connectivity index (χ2v) is 12.5. The molecule has 0 radical (unpaired) electrons. The lowest BCUT2D eigenvalue weighted by Crippen LogP contribution is -2.61. The molecule has 1 amide bonds. The second-order valence-electron chi connectivity index (χ2n) is 12.1. The van der Waals surface area contributed by atoms with Gasteiger partial charge in [-0.3, -0.25) is 15.2 Å². The Labute approximate surface area is 273 Å². The molecule has 0 bridgehead atoms. The number of pyridine rings is 1. The van der Waals surface area contributed by atoms with E-state index in [0.717, 1.165) is 11.8 Å². The number of piperazine rings is 1. The minimum absolute atomic E-state index is 0.00311. The Morgan fingerprint density at radius 3 is 2.59 bits per heavy atom. The number of nitrogens with one attached hydrogen (secondary N) is 3. The number of anilines is 4. The summed E-state index contributed by atoms with van der Waals surface area (Å²) in [6.07, 6.45) is 3.62. The van der Waals surface area contributed by atoms with Crippen molar-refractivity contribution in [3.63, 3.8) is 0 Å². The number of amides is 1. The first-order valence-electron chi connectivity index (χ1n) is 15.2. The van der Waals surface area contributed by atoms with Crippen molar-refractivity contribution in [2.75, 3.05) is 42.6 Å².